The number of carboxylic acids is 1. The number of hydrogen-bond donors (Lipinski definition) is 1. The Labute approximate surface area is 177 Å². The maximum Gasteiger partial charge on any atom is 0.305 e. The van der Waals surface area contributed by atoms with Crippen LogP contribution in [0.25, 0.3) is 0 Å². The maximum atomic E-state index is 11.3. The lowest BCUT2D eigenvalue weighted by atomic mass is 10.1. The first-order valence-electron chi connectivity index (χ1n) is 10.2. The molecule has 0 aliphatic carbocycles. The number of hydrogen-bond acceptors (Lipinski definition) is 4. The molecule has 6 heteroatoms. The predicted molar refractivity (Wildman–Crippen MR) is 120 cm³/mol. The van der Waals surface area contributed by atoms with Crippen molar-refractivity contribution in [2.45, 2.75) is 77.8 Å². The number of benzene rings is 1. The first-order valence-corrected chi connectivity index (χ1v) is 13.1. The molecule has 0 spiro atoms. The van der Waals surface area contributed by atoms with E-state index in [2.05, 4.69) is 46.9 Å². The lowest BCUT2D eigenvalue weighted by Gasteiger charge is -2.39. The van der Waals surface area contributed by atoms with Crippen LogP contribution in [0.15, 0.2) is 35.9 Å². The minimum atomic E-state index is -2.00. The summed E-state index contributed by atoms with van der Waals surface area (Å²) in [4.78, 5) is 11.3. The smallest absolute Gasteiger partial charge is 0.305 e. The maximum absolute atomic E-state index is 11.3. The molecule has 0 unspecified atom stereocenters. The lowest BCUT2D eigenvalue weighted by Crippen LogP contribution is -2.44. The van der Waals surface area contributed by atoms with Crippen LogP contribution in [-0.2, 0) is 20.6 Å². The van der Waals surface area contributed by atoms with Crippen LogP contribution < -0.4 is 4.74 Å². The quantitative estimate of drug-likeness (QED) is 0.262. The van der Waals surface area contributed by atoms with Crippen LogP contribution in [-0.4, -0.2) is 39.2 Å². The molecule has 0 heterocycles. The second kappa shape index (κ2) is 11.5. The van der Waals surface area contributed by atoms with Gasteiger partial charge in [0.05, 0.1) is 32.8 Å². The Morgan fingerprint density at radius 3 is 2.34 bits per heavy atom. The van der Waals surface area contributed by atoms with Gasteiger partial charge in [0.25, 0.3) is 0 Å². The Hall–Kier alpha value is -1.63. The van der Waals surface area contributed by atoms with Gasteiger partial charge < -0.3 is 19.0 Å². The first-order chi connectivity index (χ1) is 13.4. The van der Waals surface area contributed by atoms with Gasteiger partial charge in [-0.2, -0.15) is 0 Å². The molecule has 5 nitrogen and oxygen atoms in total. The van der Waals surface area contributed by atoms with Gasteiger partial charge in [-0.3, -0.25) is 4.79 Å². The summed E-state index contributed by atoms with van der Waals surface area (Å²) in [5, 5.41) is 9.32. The average Bonchev–Trinajstić information content (AvgIpc) is 2.62. The molecule has 1 aromatic carbocycles. The van der Waals surface area contributed by atoms with Crippen molar-refractivity contribution in [3.63, 3.8) is 0 Å². The summed E-state index contributed by atoms with van der Waals surface area (Å²) in [5.41, 5.74) is 2.29. The molecule has 164 valence electrons. The molecule has 0 radical (unpaired) electrons. The van der Waals surface area contributed by atoms with Crippen molar-refractivity contribution in [3.8, 4) is 5.75 Å². The SMILES string of the molecule is COc1ccc(COC/C=C(/C)CC[C@H](CC(=O)O)O[Si](C)(C)C(C)(C)C)cc1. The number of ether oxygens (including phenoxy) is 2. The van der Waals surface area contributed by atoms with Gasteiger partial charge in [0.15, 0.2) is 8.32 Å². The Bertz CT molecular complexity index is 659. The highest BCUT2D eigenvalue weighted by Gasteiger charge is 2.39. The van der Waals surface area contributed by atoms with E-state index in [1.165, 1.54) is 5.57 Å². The molecule has 29 heavy (non-hydrogen) atoms. The van der Waals surface area contributed by atoms with Gasteiger partial charge in [-0.15, -0.1) is 0 Å². The molecule has 0 saturated carbocycles. The third-order valence-corrected chi connectivity index (χ3v) is 10.0. The molecule has 0 aliphatic rings. The molecule has 1 aromatic rings. The number of methoxy groups -OCH3 is 1. The second-order valence-corrected chi connectivity index (χ2v) is 13.8. The van der Waals surface area contributed by atoms with E-state index < -0.39 is 14.3 Å². The largest absolute Gasteiger partial charge is 0.497 e. The van der Waals surface area contributed by atoms with Crippen LogP contribution in [0.3, 0.4) is 0 Å². The lowest BCUT2D eigenvalue weighted by molar-refractivity contribution is -0.139. The van der Waals surface area contributed by atoms with Crippen molar-refractivity contribution in [2.75, 3.05) is 13.7 Å². The third kappa shape index (κ3) is 9.61. The van der Waals surface area contributed by atoms with Gasteiger partial charge >= 0.3 is 5.97 Å². The molecular weight excluding hydrogens is 384 g/mol. The minimum absolute atomic E-state index is 0.0494. The topological polar surface area (TPSA) is 65.0 Å². The summed E-state index contributed by atoms with van der Waals surface area (Å²) in [6.45, 7) is 14.0. The van der Waals surface area contributed by atoms with Crippen LogP contribution in [0.5, 0.6) is 5.75 Å². The van der Waals surface area contributed by atoms with Crippen molar-refractivity contribution in [1.29, 1.82) is 0 Å². The van der Waals surface area contributed by atoms with E-state index in [9.17, 15) is 9.90 Å². The summed E-state index contributed by atoms with van der Waals surface area (Å²) in [5.74, 6) is 0.0264. The monoisotopic (exact) mass is 422 g/mol. The highest BCUT2D eigenvalue weighted by atomic mass is 28.4. The van der Waals surface area contributed by atoms with Crippen LogP contribution in [0.1, 0.15) is 52.5 Å². The molecule has 0 amide bonds. The Balaban J connectivity index is 2.49. The minimum Gasteiger partial charge on any atom is -0.497 e. The van der Waals surface area contributed by atoms with Crippen LogP contribution in [0.2, 0.25) is 18.1 Å². The Morgan fingerprint density at radius 2 is 1.83 bits per heavy atom. The van der Waals surface area contributed by atoms with Crippen LogP contribution in [0.4, 0.5) is 0 Å². The van der Waals surface area contributed by atoms with E-state index in [1.54, 1.807) is 7.11 Å². The molecule has 1 rings (SSSR count). The molecule has 1 atom stereocenters. The molecule has 1 N–H and O–H groups in total. The van der Waals surface area contributed by atoms with E-state index in [0.29, 0.717) is 19.6 Å². The zero-order valence-corrected chi connectivity index (χ0v) is 20.1. The summed E-state index contributed by atoms with van der Waals surface area (Å²) < 4.78 is 17.2. The van der Waals surface area contributed by atoms with Gasteiger partial charge in [0, 0.05) is 0 Å². The summed E-state index contributed by atoms with van der Waals surface area (Å²) in [6, 6.07) is 7.82. The summed E-state index contributed by atoms with van der Waals surface area (Å²) in [6.07, 6.45) is 3.37. The zero-order chi connectivity index (χ0) is 22.1. The standard InChI is InChI=1S/C23H38O5Si/c1-18(14-15-27-17-19-9-12-20(26-5)13-10-19)8-11-21(16-22(24)25)28-29(6,7)23(2,3)4/h9-10,12-14,21H,8,11,15-17H2,1-7H3,(H,24,25)/b18-14-/t21-/m1/s1. The predicted octanol–water partition coefficient (Wildman–Crippen LogP) is 5.80. The zero-order valence-electron chi connectivity index (χ0n) is 19.1. The van der Waals surface area contributed by atoms with E-state index in [4.69, 9.17) is 13.9 Å². The van der Waals surface area contributed by atoms with Gasteiger partial charge in [0.1, 0.15) is 5.75 Å². The number of aliphatic carboxylic acids is 1. The van der Waals surface area contributed by atoms with Crippen molar-refractivity contribution in [2.24, 2.45) is 0 Å². The van der Waals surface area contributed by atoms with E-state index in [0.717, 1.165) is 17.7 Å². The first kappa shape index (κ1) is 25.4. The number of rotatable bonds is 12. The van der Waals surface area contributed by atoms with Crippen molar-refractivity contribution in [1.82, 2.24) is 0 Å². The Kier molecular flexibility index (Phi) is 10.1. The molecular formula is C23H38O5Si. The summed E-state index contributed by atoms with van der Waals surface area (Å²) >= 11 is 0. The molecule has 0 aliphatic heterocycles. The number of allylic oxidation sites excluding steroid dienone is 1. The third-order valence-electron chi connectivity index (χ3n) is 5.51. The molecule has 0 fully saturated rings. The molecule has 0 bridgehead atoms. The van der Waals surface area contributed by atoms with Gasteiger partial charge in [-0.25, -0.2) is 0 Å². The van der Waals surface area contributed by atoms with E-state index in [-0.39, 0.29) is 17.6 Å². The fourth-order valence-electron chi connectivity index (χ4n) is 2.58. The fourth-order valence-corrected chi connectivity index (χ4v) is 3.97. The fraction of sp³-hybridized carbons (Fsp3) is 0.609. The van der Waals surface area contributed by atoms with E-state index >= 15 is 0 Å². The molecule has 0 aromatic heterocycles. The van der Waals surface area contributed by atoms with Gasteiger partial charge in [0.2, 0.25) is 0 Å². The highest BCUT2D eigenvalue weighted by Crippen LogP contribution is 2.38. The normalized spacial score (nSPS) is 14.0. The average molecular weight is 423 g/mol. The van der Waals surface area contributed by atoms with Gasteiger partial charge in [-0.05, 0) is 55.6 Å². The van der Waals surface area contributed by atoms with Crippen molar-refractivity contribution < 1.29 is 23.8 Å². The van der Waals surface area contributed by atoms with Crippen molar-refractivity contribution in [3.05, 3.63) is 41.5 Å². The number of carboxylic acid groups (broad SMARTS) is 1. The number of carbonyl (C=O) groups is 1. The van der Waals surface area contributed by atoms with Crippen LogP contribution in [0, 0.1) is 0 Å². The molecule has 0 saturated heterocycles. The second-order valence-electron chi connectivity index (χ2n) is 9.05. The van der Waals surface area contributed by atoms with Crippen LogP contribution >= 0.6 is 0 Å². The summed E-state index contributed by atoms with van der Waals surface area (Å²) in [7, 11) is -0.349. The van der Waals surface area contributed by atoms with Gasteiger partial charge in [-0.1, -0.05) is 44.6 Å². The Morgan fingerprint density at radius 1 is 1.21 bits per heavy atom. The van der Waals surface area contributed by atoms with E-state index in [1.807, 2.05) is 24.3 Å². The highest BCUT2D eigenvalue weighted by molar-refractivity contribution is 6.74. The van der Waals surface area contributed by atoms with Crippen molar-refractivity contribution >= 4 is 14.3 Å².